The summed E-state index contributed by atoms with van der Waals surface area (Å²) >= 11 is 0. The number of nitrogens with one attached hydrogen (secondary N) is 1. The molecule has 0 aliphatic heterocycles. The molecule has 0 saturated heterocycles. The van der Waals surface area contributed by atoms with Gasteiger partial charge in [0.05, 0.1) is 7.11 Å². The number of hydrogen-bond acceptors (Lipinski definition) is 3. The van der Waals surface area contributed by atoms with E-state index in [1.165, 1.54) is 13.3 Å². The summed E-state index contributed by atoms with van der Waals surface area (Å²) in [5.74, 6) is 0.989. The molecule has 0 unspecified atom stereocenters. The average Bonchev–Trinajstić information content (AvgIpc) is 2.59. The van der Waals surface area contributed by atoms with E-state index in [0.29, 0.717) is 13.1 Å². The summed E-state index contributed by atoms with van der Waals surface area (Å²) in [4.78, 5) is 25.7. The van der Waals surface area contributed by atoms with Crippen molar-refractivity contribution in [2.24, 2.45) is 5.92 Å². The van der Waals surface area contributed by atoms with Crippen LogP contribution in [0.4, 0.5) is 5.69 Å². The number of ether oxygens (including phenoxy) is 1. The van der Waals surface area contributed by atoms with Crippen molar-refractivity contribution in [1.82, 2.24) is 5.32 Å². The number of methoxy groups -OCH3 is 1. The zero-order valence-corrected chi connectivity index (χ0v) is 14.0. The van der Waals surface area contributed by atoms with E-state index in [-0.39, 0.29) is 17.7 Å². The minimum atomic E-state index is -0.0397. The van der Waals surface area contributed by atoms with Crippen molar-refractivity contribution in [3.63, 3.8) is 0 Å². The molecule has 5 heteroatoms. The Hall–Kier alpha value is -2.04. The second kappa shape index (κ2) is 8.56. The Balaban J connectivity index is 1.86. The van der Waals surface area contributed by atoms with Crippen LogP contribution >= 0.6 is 0 Å². The molecule has 2 rings (SSSR count). The lowest BCUT2D eigenvalue weighted by atomic mass is 9.89. The maximum absolute atomic E-state index is 12.1. The Kier molecular flexibility index (Phi) is 6.44. The van der Waals surface area contributed by atoms with Gasteiger partial charge in [-0.2, -0.15) is 0 Å². The van der Waals surface area contributed by atoms with Gasteiger partial charge in [0.1, 0.15) is 5.75 Å². The summed E-state index contributed by atoms with van der Waals surface area (Å²) in [6, 6.07) is 7.35. The van der Waals surface area contributed by atoms with Crippen molar-refractivity contribution in [2.75, 3.05) is 25.1 Å². The maximum Gasteiger partial charge on any atom is 0.223 e. The van der Waals surface area contributed by atoms with Gasteiger partial charge in [0, 0.05) is 31.6 Å². The van der Waals surface area contributed by atoms with Gasteiger partial charge in [-0.1, -0.05) is 19.3 Å². The first-order valence-electron chi connectivity index (χ1n) is 8.31. The van der Waals surface area contributed by atoms with Crippen LogP contribution in [-0.2, 0) is 9.59 Å². The highest BCUT2D eigenvalue weighted by Crippen LogP contribution is 2.23. The highest BCUT2D eigenvalue weighted by atomic mass is 16.5. The van der Waals surface area contributed by atoms with Gasteiger partial charge >= 0.3 is 0 Å². The van der Waals surface area contributed by atoms with Crippen LogP contribution in [0.1, 0.15) is 39.0 Å². The molecule has 126 valence electrons. The summed E-state index contributed by atoms with van der Waals surface area (Å²) in [6.07, 6.45) is 5.49. The van der Waals surface area contributed by atoms with Gasteiger partial charge in [0.25, 0.3) is 0 Å². The largest absolute Gasteiger partial charge is 0.497 e. The predicted octanol–water partition coefficient (Wildman–Crippen LogP) is 2.74. The SMILES string of the molecule is COc1ccc(N(CCNC(=O)C2CCCCC2)C(C)=O)cc1. The fourth-order valence-corrected chi connectivity index (χ4v) is 3.03. The Morgan fingerprint density at radius 2 is 1.83 bits per heavy atom. The number of amides is 2. The molecule has 0 bridgehead atoms. The molecule has 1 fully saturated rings. The molecule has 0 spiro atoms. The van der Waals surface area contributed by atoms with E-state index in [2.05, 4.69) is 5.32 Å². The van der Waals surface area contributed by atoms with Crippen molar-refractivity contribution in [3.8, 4) is 5.75 Å². The lowest BCUT2D eigenvalue weighted by Gasteiger charge is -2.24. The normalized spacial score (nSPS) is 15.0. The summed E-state index contributed by atoms with van der Waals surface area (Å²) in [5.41, 5.74) is 0.810. The molecule has 23 heavy (non-hydrogen) atoms. The van der Waals surface area contributed by atoms with Crippen LogP contribution in [-0.4, -0.2) is 32.0 Å². The molecular weight excluding hydrogens is 292 g/mol. The van der Waals surface area contributed by atoms with Crippen LogP contribution in [0.2, 0.25) is 0 Å². The molecular formula is C18H26N2O3. The zero-order chi connectivity index (χ0) is 16.7. The zero-order valence-electron chi connectivity index (χ0n) is 14.0. The van der Waals surface area contributed by atoms with Crippen LogP contribution in [0.5, 0.6) is 5.75 Å². The number of carbonyl (C=O) groups is 2. The van der Waals surface area contributed by atoms with Gasteiger partial charge in [-0.05, 0) is 37.1 Å². The molecule has 1 aromatic carbocycles. The summed E-state index contributed by atoms with van der Waals surface area (Å²) in [5, 5.41) is 2.97. The van der Waals surface area contributed by atoms with Crippen molar-refractivity contribution < 1.29 is 14.3 Å². The van der Waals surface area contributed by atoms with E-state index in [0.717, 1.165) is 37.1 Å². The van der Waals surface area contributed by atoms with Crippen LogP contribution in [0, 0.1) is 5.92 Å². The van der Waals surface area contributed by atoms with Gasteiger partial charge in [-0.15, -0.1) is 0 Å². The molecule has 2 amide bonds. The topological polar surface area (TPSA) is 58.6 Å². The van der Waals surface area contributed by atoms with Crippen molar-refractivity contribution in [2.45, 2.75) is 39.0 Å². The van der Waals surface area contributed by atoms with E-state index in [4.69, 9.17) is 4.74 Å². The van der Waals surface area contributed by atoms with E-state index in [1.54, 1.807) is 12.0 Å². The minimum Gasteiger partial charge on any atom is -0.497 e. The first-order valence-corrected chi connectivity index (χ1v) is 8.31. The lowest BCUT2D eigenvalue weighted by Crippen LogP contribution is -2.40. The van der Waals surface area contributed by atoms with E-state index in [9.17, 15) is 9.59 Å². The molecule has 1 aliphatic rings. The summed E-state index contributed by atoms with van der Waals surface area (Å²) in [6.45, 7) is 2.48. The molecule has 0 radical (unpaired) electrons. The van der Waals surface area contributed by atoms with Crippen LogP contribution < -0.4 is 15.0 Å². The van der Waals surface area contributed by atoms with E-state index < -0.39 is 0 Å². The molecule has 0 aromatic heterocycles. The Morgan fingerprint density at radius 1 is 1.17 bits per heavy atom. The number of hydrogen-bond donors (Lipinski definition) is 1. The standard InChI is InChI=1S/C18H26N2O3/c1-14(21)20(16-8-10-17(23-2)11-9-16)13-12-19-18(22)15-6-4-3-5-7-15/h8-11,15H,3-7,12-13H2,1-2H3,(H,19,22). The molecule has 0 heterocycles. The Morgan fingerprint density at radius 3 is 2.39 bits per heavy atom. The summed E-state index contributed by atoms with van der Waals surface area (Å²) < 4.78 is 5.13. The number of rotatable bonds is 6. The second-order valence-electron chi connectivity index (χ2n) is 5.99. The lowest BCUT2D eigenvalue weighted by molar-refractivity contribution is -0.126. The van der Waals surface area contributed by atoms with Gasteiger partial charge in [0.15, 0.2) is 0 Å². The van der Waals surface area contributed by atoms with Gasteiger partial charge in [-0.3, -0.25) is 9.59 Å². The quantitative estimate of drug-likeness (QED) is 0.877. The monoisotopic (exact) mass is 318 g/mol. The van der Waals surface area contributed by atoms with E-state index >= 15 is 0 Å². The van der Waals surface area contributed by atoms with Crippen molar-refractivity contribution >= 4 is 17.5 Å². The van der Waals surface area contributed by atoms with Crippen LogP contribution in [0.25, 0.3) is 0 Å². The van der Waals surface area contributed by atoms with Crippen molar-refractivity contribution in [3.05, 3.63) is 24.3 Å². The number of carbonyl (C=O) groups excluding carboxylic acids is 2. The highest BCUT2D eigenvalue weighted by molar-refractivity contribution is 5.91. The van der Waals surface area contributed by atoms with Gasteiger partial charge in [0.2, 0.25) is 11.8 Å². The third-order valence-electron chi connectivity index (χ3n) is 4.37. The number of anilines is 1. The molecule has 1 aromatic rings. The Labute approximate surface area is 138 Å². The highest BCUT2D eigenvalue weighted by Gasteiger charge is 2.21. The Bertz CT molecular complexity index is 522. The molecule has 1 aliphatic carbocycles. The average molecular weight is 318 g/mol. The van der Waals surface area contributed by atoms with E-state index in [1.807, 2.05) is 24.3 Å². The first-order chi connectivity index (χ1) is 11.1. The third kappa shape index (κ3) is 4.98. The fourth-order valence-electron chi connectivity index (χ4n) is 3.03. The van der Waals surface area contributed by atoms with Crippen LogP contribution in [0.3, 0.4) is 0 Å². The minimum absolute atomic E-state index is 0.0397. The third-order valence-corrected chi connectivity index (χ3v) is 4.37. The first kappa shape index (κ1) is 17.3. The molecule has 1 saturated carbocycles. The van der Waals surface area contributed by atoms with Gasteiger partial charge in [-0.25, -0.2) is 0 Å². The van der Waals surface area contributed by atoms with Gasteiger partial charge < -0.3 is 15.0 Å². The predicted molar refractivity (Wildman–Crippen MR) is 90.6 cm³/mol. The summed E-state index contributed by atoms with van der Waals surface area (Å²) in [7, 11) is 1.61. The molecule has 0 atom stereocenters. The number of nitrogens with zero attached hydrogens (tertiary/aromatic N) is 1. The smallest absolute Gasteiger partial charge is 0.223 e. The molecule has 1 N–H and O–H groups in total. The molecule has 5 nitrogen and oxygen atoms in total. The van der Waals surface area contributed by atoms with Crippen molar-refractivity contribution in [1.29, 1.82) is 0 Å². The fraction of sp³-hybridized carbons (Fsp3) is 0.556. The maximum atomic E-state index is 12.1. The second-order valence-corrected chi connectivity index (χ2v) is 5.99. The number of benzene rings is 1. The van der Waals surface area contributed by atoms with Crippen LogP contribution in [0.15, 0.2) is 24.3 Å².